The first-order chi connectivity index (χ1) is 11.1. The van der Waals surface area contributed by atoms with Gasteiger partial charge >= 0.3 is 0 Å². The number of aromatic nitrogens is 3. The second-order valence-corrected chi connectivity index (χ2v) is 5.98. The molecule has 1 saturated heterocycles. The molecule has 3 heterocycles. The molecule has 2 aromatic heterocycles. The summed E-state index contributed by atoms with van der Waals surface area (Å²) in [5, 5.41) is 8.11. The lowest BCUT2D eigenvalue weighted by Gasteiger charge is -2.29. The molecule has 1 aliphatic heterocycles. The number of aryl methyl sites for hydroxylation is 3. The van der Waals surface area contributed by atoms with E-state index < -0.39 is 0 Å². The van der Waals surface area contributed by atoms with Crippen molar-refractivity contribution in [2.24, 2.45) is 7.05 Å². The van der Waals surface area contributed by atoms with Crippen molar-refractivity contribution in [2.45, 2.75) is 26.9 Å². The fourth-order valence-corrected chi connectivity index (χ4v) is 3.08. The van der Waals surface area contributed by atoms with Gasteiger partial charge in [-0.05, 0) is 26.0 Å². The van der Waals surface area contributed by atoms with E-state index >= 15 is 0 Å². The normalized spacial score (nSPS) is 15.2. The summed E-state index contributed by atoms with van der Waals surface area (Å²) in [7, 11) is 2.02. The van der Waals surface area contributed by atoms with Crippen LogP contribution in [0, 0.1) is 13.8 Å². The topological polar surface area (TPSA) is 55.2 Å². The summed E-state index contributed by atoms with van der Waals surface area (Å²) in [6.45, 7) is 9.06. The summed E-state index contributed by atoms with van der Waals surface area (Å²) in [6.07, 6.45) is 0. The molecule has 1 fully saturated rings. The van der Waals surface area contributed by atoms with Gasteiger partial charge in [-0.3, -0.25) is 9.67 Å². The van der Waals surface area contributed by atoms with Crippen molar-refractivity contribution in [1.29, 1.82) is 0 Å². The van der Waals surface area contributed by atoms with Crippen LogP contribution in [0.3, 0.4) is 0 Å². The summed E-state index contributed by atoms with van der Waals surface area (Å²) in [5.74, 6) is 1.20. The van der Waals surface area contributed by atoms with E-state index in [4.69, 9.17) is 4.74 Å². The average Bonchev–Trinajstić information content (AvgIpc) is 2.82. The summed E-state index contributed by atoms with van der Waals surface area (Å²) in [4.78, 5) is 6.90. The summed E-state index contributed by atoms with van der Waals surface area (Å²) >= 11 is 0. The SMILES string of the molecule is Cc1cccc(CNCc2c(C)nn(C)c2N2CCOCC2)n1. The predicted molar refractivity (Wildman–Crippen MR) is 90.5 cm³/mol. The molecule has 6 heteroatoms. The van der Waals surface area contributed by atoms with Gasteiger partial charge in [0.1, 0.15) is 5.82 Å². The first-order valence-corrected chi connectivity index (χ1v) is 8.13. The Morgan fingerprint density at radius 2 is 1.96 bits per heavy atom. The van der Waals surface area contributed by atoms with Gasteiger partial charge in [0.25, 0.3) is 0 Å². The van der Waals surface area contributed by atoms with Gasteiger partial charge in [0.2, 0.25) is 0 Å². The Labute approximate surface area is 137 Å². The average molecular weight is 315 g/mol. The standard InChI is InChI=1S/C17H25N5O/c1-13-5-4-6-15(19-13)11-18-12-16-14(2)20-21(3)17(16)22-7-9-23-10-8-22/h4-6,18H,7-12H2,1-3H3. The smallest absolute Gasteiger partial charge is 0.131 e. The van der Waals surface area contributed by atoms with Gasteiger partial charge in [-0.15, -0.1) is 0 Å². The highest BCUT2D eigenvalue weighted by Crippen LogP contribution is 2.24. The van der Waals surface area contributed by atoms with Gasteiger partial charge in [-0.25, -0.2) is 0 Å². The van der Waals surface area contributed by atoms with Crippen LogP contribution < -0.4 is 10.2 Å². The summed E-state index contributed by atoms with van der Waals surface area (Å²) in [6, 6.07) is 6.12. The number of nitrogens with zero attached hydrogens (tertiary/aromatic N) is 4. The van der Waals surface area contributed by atoms with Crippen LogP contribution >= 0.6 is 0 Å². The van der Waals surface area contributed by atoms with Crippen molar-refractivity contribution < 1.29 is 4.74 Å². The van der Waals surface area contributed by atoms with Crippen LogP contribution in [-0.2, 0) is 24.9 Å². The molecular weight excluding hydrogens is 290 g/mol. The molecule has 0 bridgehead atoms. The highest BCUT2D eigenvalue weighted by atomic mass is 16.5. The van der Waals surface area contributed by atoms with Crippen LogP contribution in [0.1, 0.15) is 22.6 Å². The maximum atomic E-state index is 5.46. The Morgan fingerprint density at radius 3 is 2.70 bits per heavy atom. The maximum absolute atomic E-state index is 5.46. The third-order valence-corrected chi connectivity index (χ3v) is 4.18. The van der Waals surface area contributed by atoms with E-state index in [1.807, 2.05) is 30.8 Å². The molecule has 6 nitrogen and oxygen atoms in total. The number of anilines is 1. The molecular formula is C17H25N5O. The van der Waals surface area contributed by atoms with Crippen molar-refractivity contribution >= 4 is 5.82 Å². The van der Waals surface area contributed by atoms with Crippen LogP contribution in [0.25, 0.3) is 0 Å². The molecule has 0 aromatic carbocycles. The largest absolute Gasteiger partial charge is 0.378 e. The second-order valence-electron chi connectivity index (χ2n) is 5.98. The van der Waals surface area contributed by atoms with Crippen LogP contribution in [0.2, 0.25) is 0 Å². The molecule has 0 unspecified atom stereocenters. The molecule has 3 rings (SSSR count). The minimum Gasteiger partial charge on any atom is -0.378 e. The van der Waals surface area contributed by atoms with Crippen molar-refractivity contribution in [3.8, 4) is 0 Å². The molecule has 1 N–H and O–H groups in total. The van der Waals surface area contributed by atoms with Gasteiger partial charge in [0, 0.05) is 44.5 Å². The number of hydrogen-bond acceptors (Lipinski definition) is 5. The van der Waals surface area contributed by atoms with E-state index in [9.17, 15) is 0 Å². The van der Waals surface area contributed by atoms with Gasteiger partial charge in [-0.2, -0.15) is 5.10 Å². The lowest BCUT2D eigenvalue weighted by atomic mass is 10.2. The van der Waals surface area contributed by atoms with E-state index in [1.165, 1.54) is 11.4 Å². The molecule has 0 amide bonds. The first kappa shape index (κ1) is 16.0. The number of hydrogen-bond donors (Lipinski definition) is 1. The fourth-order valence-electron chi connectivity index (χ4n) is 3.08. The van der Waals surface area contributed by atoms with Crippen molar-refractivity contribution in [2.75, 3.05) is 31.2 Å². The third-order valence-electron chi connectivity index (χ3n) is 4.18. The first-order valence-electron chi connectivity index (χ1n) is 8.13. The molecule has 1 aliphatic rings. The fraction of sp³-hybridized carbons (Fsp3) is 0.529. The lowest BCUT2D eigenvalue weighted by molar-refractivity contribution is 0.122. The third kappa shape index (κ3) is 3.71. The highest BCUT2D eigenvalue weighted by molar-refractivity contribution is 5.50. The summed E-state index contributed by atoms with van der Waals surface area (Å²) in [5.41, 5.74) is 4.47. The molecule has 2 aromatic rings. The van der Waals surface area contributed by atoms with Gasteiger partial charge in [-0.1, -0.05) is 6.07 Å². The van der Waals surface area contributed by atoms with E-state index in [-0.39, 0.29) is 0 Å². The van der Waals surface area contributed by atoms with Crippen molar-refractivity contribution in [3.05, 3.63) is 40.8 Å². The van der Waals surface area contributed by atoms with E-state index in [0.29, 0.717) is 0 Å². The minimum absolute atomic E-state index is 0.762. The van der Waals surface area contributed by atoms with E-state index in [1.54, 1.807) is 0 Å². The van der Waals surface area contributed by atoms with Crippen LogP contribution in [0.5, 0.6) is 0 Å². The van der Waals surface area contributed by atoms with Gasteiger partial charge in [0.15, 0.2) is 0 Å². The number of morpholine rings is 1. The number of nitrogens with one attached hydrogen (secondary N) is 1. The predicted octanol–water partition coefficient (Wildman–Crippen LogP) is 1.56. The van der Waals surface area contributed by atoms with Crippen LogP contribution in [0.15, 0.2) is 18.2 Å². The Kier molecular flexibility index (Phi) is 4.93. The molecule has 0 aliphatic carbocycles. The monoisotopic (exact) mass is 315 g/mol. The van der Waals surface area contributed by atoms with Crippen molar-refractivity contribution in [1.82, 2.24) is 20.1 Å². The Balaban J connectivity index is 1.69. The summed E-state index contributed by atoms with van der Waals surface area (Å²) < 4.78 is 7.45. The zero-order valence-corrected chi connectivity index (χ0v) is 14.2. The molecule has 23 heavy (non-hydrogen) atoms. The minimum atomic E-state index is 0.762. The van der Waals surface area contributed by atoms with Crippen molar-refractivity contribution in [3.63, 3.8) is 0 Å². The highest BCUT2D eigenvalue weighted by Gasteiger charge is 2.20. The molecule has 0 spiro atoms. The number of ether oxygens (including phenoxy) is 1. The van der Waals surface area contributed by atoms with Gasteiger partial charge in [0.05, 0.1) is 24.6 Å². The molecule has 124 valence electrons. The Bertz CT molecular complexity index is 661. The number of pyridine rings is 1. The zero-order valence-electron chi connectivity index (χ0n) is 14.2. The van der Waals surface area contributed by atoms with E-state index in [2.05, 4.69) is 33.3 Å². The van der Waals surface area contributed by atoms with Crippen LogP contribution in [0.4, 0.5) is 5.82 Å². The van der Waals surface area contributed by atoms with E-state index in [0.717, 1.165) is 56.5 Å². The van der Waals surface area contributed by atoms with Gasteiger partial charge < -0.3 is 15.0 Å². The molecule has 0 saturated carbocycles. The zero-order chi connectivity index (χ0) is 16.2. The second kappa shape index (κ2) is 7.10. The Morgan fingerprint density at radius 1 is 1.17 bits per heavy atom. The maximum Gasteiger partial charge on any atom is 0.131 e. The quantitative estimate of drug-likeness (QED) is 0.907. The van der Waals surface area contributed by atoms with Crippen LogP contribution in [-0.4, -0.2) is 41.1 Å². The molecule has 0 radical (unpaired) electrons. The lowest BCUT2D eigenvalue weighted by Crippen LogP contribution is -2.38. The molecule has 0 atom stereocenters. The number of rotatable bonds is 5. The Hall–Kier alpha value is -1.92.